The van der Waals surface area contributed by atoms with Crippen LogP contribution in [0.25, 0.3) is 5.69 Å². The number of nitrogens with zero attached hydrogens (tertiary/aromatic N) is 7. The molecule has 1 aromatic carbocycles. The molecule has 0 unspecified atom stereocenters. The van der Waals surface area contributed by atoms with Crippen molar-refractivity contribution in [3.05, 3.63) is 35.7 Å². The van der Waals surface area contributed by atoms with Gasteiger partial charge < -0.3 is 16.4 Å². The molecule has 0 saturated carbocycles. The second-order valence-electron chi connectivity index (χ2n) is 6.40. The molecule has 3 heterocycles. The monoisotopic (exact) mass is 383 g/mol. The van der Waals surface area contributed by atoms with Gasteiger partial charge in [-0.1, -0.05) is 29.5 Å². The zero-order valence-corrected chi connectivity index (χ0v) is 15.9. The van der Waals surface area contributed by atoms with Crippen molar-refractivity contribution in [2.75, 3.05) is 29.5 Å². The van der Waals surface area contributed by atoms with Crippen LogP contribution in [0.5, 0.6) is 0 Å². The fraction of sp³-hybridized carbons (Fsp3) is 0.353. The quantitative estimate of drug-likeness (QED) is 0.635. The van der Waals surface area contributed by atoms with Crippen LogP contribution in [0.1, 0.15) is 24.2 Å². The van der Waals surface area contributed by atoms with Crippen LogP contribution in [0.15, 0.2) is 29.4 Å². The van der Waals surface area contributed by atoms with Crippen molar-refractivity contribution in [3.63, 3.8) is 0 Å². The van der Waals surface area contributed by atoms with Crippen LogP contribution in [-0.2, 0) is 5.75 Å². The summed E-state index contributed by atoms with van der Waals surface area (Å²) >= 11 is 1.50. The molecule has 10 heteroatoms. The Hall–Kier alpha value is -2.88. The third-order valence-electron chi connectivity index (χ3n) is 4.34. The van der Waals surface area contributed by atoms with E-state index in [1.165, 1.54) is 30.2 Å². The molecule has 140 valence electrons. The summed E-state index contributed by atoms with van der Waals surface area (Å²) in [5.41, 5.74) is 13.6. The average molecular weight is 383 g/mol. The first-order valence-electron chi connectivity index (χ1n) is 8.76. The summed E-state index contributed by atoms with van der Waals surface area (Å²) in [6.45, 7) is 4.06. The molecule has 1 fully saturated rings. The molecule has 27 heavy (non-hydrogen) atoms. The molecule has 3 aromatic rings. The Morgan fingerprint density at radius 2 is 1.63 bits per heavy atom. The summed E-state index contributed by atoms with van der Waals surface area (Å²) in [6.07, 6.45) is 2.35. The molecule has 4 N–H and O–H groups in total. The summed E-state index contributed by atoms with van der Waals surface area (Å²) in [5, 5.41) is 9.66. The van der Waals surface area contributed by atoms with Crippen LogP contribution >= 0.6 is 11.8 Å². The molecule has 1 saturated heterocycles. The van der Waals surface area contributed by atoms with Crippen molar-refractivity contribution >= 4 is 29.6 Å². The van der Waals surface area contributed by atoms with E-state index in [0.717, 1.165) is 29.9 Å². The normalized spacial score (nSPS) is 14.0. The number of hydrogen-bond acceptors (Lipinski definition) is 9. The maximum atomic E-state index is 5.66. The van der Waals surface area contributed by atoms with Gasteiger partial charge in [0.15, 0.2) is 5.16 Å². The lowest BCUT2D eigenvalue weighted by atomic mass is 10.2. The molecule has 0 spiro atoms. The summed E-state index contributed by atoms with van der Waals surface area (Å²) in [7, 11) is 0. The summed E-state index contributed by atoms with van der Waals surface area (Å²) in [4.78, 5) is 14.3. The highest BCUT2D eigenvalue weighted by atomic mass is 32.2. The van der Waals surface area contributed by atoms with E-state index in [1.54, 1.807) is 0 Å². The van der Waals surface area contributed by atoms with Gasteiger partial charge in [0.1, 0.15) is 5.82 Å². The van der Waals surface area contributed by atoms with Gasteiger partial charge in [-0.3, -0.25) is 4.57 Å². The van der Waals surface area contributed by atoms with Gasteiger partial charge in [0.05, 0.1) is 11.4 Å². The Balaban J connectivity index is 1.66. The molecule has 9 nitrogen and oxygen atoms in total. The van der Waals surface area contributed by atoms with E-state index in [4.69, 9.17) is 11.5 Å². The molecule has 0 aliphatic carbocycles. The SMILES string of the molecule is Cc1ccc(-n2c(SCc3nc(N)nc(N)n3)nnc2N2CCCC2)cc1. The molecule has 1 aliphatic heterocycles. The van der Waals surface area contributed by atoms with Crippen molar-refractivity contribution in [1.82, 2.24) is 29.7 Å². The van der Waals surface area contributed by atoms with Crippen LogP contribution < -0.4 is 16.4 Å². The predicted octanol–water partition coefficient (Wildman–Crippen LogP) is 1.82. The topological polar surface area (TPSA) is 125 Å². The first-order chi connectivity index (χ1) is 13.1. The second-order valence-corrected chi connectivity index (χ2v) is 7.35. The Kier molecular flexibility index (Phi) is 4.80. The minimum atomic E-state index is 0.121. The average Bonchev–Trinajstić information content (AvgIpc) is 3.29. The van der Waals surface area contributed by atoms with Crippen LogP contribution in [-0.4, -0.2) is 42.8 Å². The molecule has 0 bridgehead atoms. The first kappa shape index (κ1) is 17.5. The number of aromatic nitrogens is 6. The second kappa shape index (κ2) is 7.39. The lowest BCUT2D eigenvalue weighted by Gasteiger charge is -2.18. The van der Waals surface area contributed by atoms with Crippen molar-refractivity contribution < 1.29 is 0 Å². The van der Waals surface area contributed by atoms with Crippen molar-refractivity contribution in [2.24, 2.45) is 0 Å². The minimum Gasteiger partial charge on any atom is -0.368 e. The maximum absolute atomic E-state index is 5.66. The van der Waals surface area contributed by atoms with Crippen molar-refractivity contribution in [2.45, 2.75) is 30.7 Å². The summed E-state index contributed by atoms with van der Waals surface area (Å²) < 4.78 is 2.09. The fourth-order valence-corrected chi connectivity index (χ4v) is 3.85. The van der Waals surface area contributed by atoms with Gasteiger partial charge in [0, 0.05) is 13.1 Å². The van der Waals surface area contributed by atoms with Gasteiger partial charge in [0.25, 0.3) is 0 Å². The van der Waals surface area contributed by atoms with Gasteiger partial charge in [-0.15, -0.1) is 10.2 Å². The number of benzene rings is 1. The van der Waals surface area contributed by atoms with Crippen molar-refractivity contribution in [3.8, 4) is 5.69 Å². The Bertz CT molecular complexity index is 912. The van der Waals surface area contributed by atoms with E-state index in [0.29, 0.717) is 11.6 Å². The molecular formula is C17H21N9S. The van der Waals surface area contributed by atoms with Gasteiger partial charge in [-0.05, 0) is 31.9 Å². The molecular weight excluding hydrogens is 362 g/mol. The van der Waals surface area contributed by atoms with Crippen LogP contribution in [0.4, 0.5) is 17.8 Å². The van der Waals surface area contributed by atoms with Crippen LogP contribution in [0.2, 0.25) is 0 Å². The third kappa shape index (κ3) is 3.80. The highest BCUT2D eigenvalue weighted by molar-refractivity contribution is 7.98. The van der Waals surface area contributed by atoms with Gasteiger partial charge in [0.2, 0.25) is 17.8 Å². The van der Waals surface area contributed by atoms with E-state index in [9.17, 15) is 0 Å². The molecule has 2 aromatic heterocycles. The van der Waals surface area contributed by atoms with Crippen molar-refractivity contribution in [1.29, 1.82) is 0 Å². The molecule has 0 radical (unpaired) electrons. The first-order valence-corrected chi connectivity index (χ1v) is 9.75. The number of rotatable bonds is 5. The van der Waals surface area contributed by atoms with E-state index in [2.05, 4.69) is 65.8 Å². The molecule has 0 amide bonds. The third-order valence-corrected chi connectivity index (χ3v) is 5.27. The van der Waals surface area contributed by atoms with E-state index < -0.39 is 0 Å². The zero-order chi connectivity index (χ0) is 18.8. The number of hydrogen-bond donors (Lipinski definition) is 2. The Morgan fingerprint density at radius 1 is 0.963 bits per heavy atom. The fourth-order valence-electron chi connectivity index (χ4n) is 3.05. The van der Waals surface area contributed by atoms with E-state index in [1.807, 2.05) is 0 Å². The van der Waals surface area contributed by atoms with Gasteiger partial charge in [-0.25, -0.2) is 0 Å². The van der Waals surface area contributed by atoms with Gasteiger partial charge >= 0.3 is 0 Å². The molecule has 1 aliphatic rings. The standard InChI is InChI=1S/C17H21N9S/c1-11-4-6-12(7-5-11)26-16(25-8-2-3-9-25)23-24-17(26)27-10-13-20-14(18)22-15(19)21-13/h4-7H,2-3,8-10H2,1H3,(H4,18,19,20,21,22). The van der Waals surface area contributed by atoms with Crippen LogP contribution in [0.3, 0.4) is 0 Å². The predicted molar refractivity (Wildman–Crippen MR) is 106 cm³/mol. The number of aryl methyl sites for hydroxylation is 1. The Morgan fingerprint density at radius 3 is 2.30 bits per heavy atom. The van der Waals surface area contributed by atoms with Crippen LogP contribution in [0, 0.1) is 6.92 Å². The summed E-state index contributed by atoms with van der Waals surface area (Å²) in [5.74, 6) is 2.10. The smallest absolute Gasteiger partial charge is 0.232 e. The lowest BCUT2D eigenvalue weighted by molar-refractivity contribution is 0.840. The summed E-state index contributed by atoms with van der Waals surface area (Å²) in [6, 6.07) is 8.35. The van der Waals surface area contributed by atoms with Gasteiger partial charge in [-0.2, -0.15) is 15.0 Å². The van der Waals surface area contributed by atoms with E-state index >= 15 is 0 Å². The number of thioether (sulfide) groups is 1. The maximum Gasteiger partial charge on any atom is 0.232 e. The number of nitrogen functional groups attached to an aromatic ring is 2. The Labute approximate surface area is 161 Å². The minimum absolute atomic E-state index is 0.121. The zero-order valence-electron chi connectivity index (χ0n) is 15.0. The highest BCUT2D eigenvalue weighted by Gasteiger charge is 2.22. The molecule has 0 atom stereocenters. The number of nitrogens with two attached hydrogens (primary N) is 2. The lowest BCUT2D eigenvalue weighted by Crippen LogP contribution is -2.22. The largest absolute Gasteiger partial charge is 0.368 e. The highest BCUT2D eigenvalue weighted by Crippen LogP contribution is 2.30. The molecule has 4 rings (SSSR count). The number of anilines is 3. The van der Waals surface area contributed by atoms with E-state index in [-0.39, 0.29) is 11.9 Å².